The Kier molecular flexibility index (Phi) is 4.51. The lowest BCUT2D eigenvalue weighted by Crippen LogP contribution is -1.89. The van der Waals surface area contributed by atoms with E-state index in [9.17, 15) is 0 Å². The number of hydrogen-bond acceptors (Lipinski definition) is 2. The van der Waals surface area contributed by atoms with Crippen LogP contribution >= 0.6 is 11.8 Å². The molecule has 2 aromatic carbocycles. The topological polar surface area (TPSA) is 9.23 Å². The quantitative estimate of drug-likeness (QED) is 0.734. The Bertz CT molecular complexity index is 436. The molecule has 88 valence electrons. The summed E-state index contributed by atoms with van der Waals surface area (Å²) < 4.78 is 5.14. The molecule has 0 unspecified atom stereocenters. The van der Waals surface area contributed by atoms with Crippen molar-refractivity contribution >= 4 is 11.8 Å². The van der Waals surface area contributed by atoms with Crippen LogP contribution in [0.1, 0.15) is 5.56 Å². The van der Waals surface area contributed by atoms with E-state index in [-0.39, 0.29) is 0 Å². The molecule has 0 radical (unpaired) electrons. The van der Waals surface area contributed by atoms with Gasteiger partial charge in [-0.15, -0.1) is 11.8 Å². The molecule has 0 spiro atoms. The Morgan fingerprint density at radius 3 is 2.29 bits per heavy atom. The molecule has 0 aliphatic rings. The first-order chi connectivity index (χ1) is 8.38. The van der Waals surface area contributed by atoms with Crippen molar-refractivity contribution in [2.75, 3.05) is 12.9 Å². The number of hydrogen-bond donors (Lipinski definition) is 0. The molecule has 0 fully saturated rings. The van der Waals surface area contributed by atoms with Gasteiger partial charge in [-0.2, -0.15) is 0 Å². The van der Waals surface area contributed by atoms with Crippen LogP contribution in [0, 0.1) is 0 Å². The van der Waals surface area contributed by atoms with Crippen LogP contribution in [0.5, 0.6) is 5.75 Å². The summed E-state index contributed by atoms with van der Waals surface area (Å²) in [6.07, 6.45) is 1.09. The normalized spacial score (nSPS) is 10.2. The van der Waals surface area contributed by atoms with Crippen LogP contribution in [0.3, 0.4) is 0 Å². The van der Waals surface area contributed by atoms with E-state index in [0.29, 0.717) is 0 Å². The highest BCUT2D eigenvalue weighted by Crippen LogP contribution is 2.19. The molecular formula is C15H16OS. The molecule has 0 amide bonds. The Morgan fingerprint density at radius 2 is 1.65 bits per heavy atom. The molecule has 0 aliphatic heterocycles. The molecule has 17 heavy (non-hydrogen) atoms. The van der Waals surface area contributed by atoms with Crippen LogP contribution in [0.25, 0.3) is 0 Å². The summed E-state index contributed by atoms with van der Waals surface area (Å²) in [5, 5.41) is 0. The van der Waals surface area contributed by atoms with Crippen molar-refractivity contribution in [1.29, 1.82) is 0 Å². The highest BCUT2D eigenvalue weighted by atomic mass is 32.2. The molecule has 2 rings (SSSR count). The molecule has 0 aliphatic carbocycles. The number of rotatable bonds is 5. The van der Waals surface area contributed by atoms with E-state index in [2.05, 4.69) is 36.4 Å². The van der Waals surface area contributed by atoms with Crippen LogP contribution in [0.4, 0.5) is 0 Å². The van der Waals surface area contributed by atoms with Gasteiger partial charge in [0.15, 0.2) is 0 Å². The summed E-state index contributed by atoms with van der Waals surface area (Å²) in [4.78, 5) is 1.33. The SMILES string of the molecule is COc1ccc(CCSc2ccccc2)cc1. The third-order valence-corrected chi connectivity index (χ3v) is 3.58. The number of thioether (sulfide) groups is 1. The van der Waals surface area contributed by atoms with Crippen molar-refractivity contribution in [3.05, 3.63) is 60.2 Å². The third-order valence-electron chi connectivity index (χ3n) is 2.56. The first-order valence-corrected chi connectivity index (χ1v) is 6.68. The van der Waals surface area contributed by atoms with Gasteiger partial charge in [0.05, 0.1) is 7.11 Å². The zero-order valence-corrected chi connectivity index (χ0v) is 10.7. The second kappa shape index (κ2) is 6.36. The first-order valence-electron chi connectivity index (χ1n) is 5.69. The van der Waals surface area contributed by atoms with Crippen molar-refractivity contribution in [1.82, 2.24) is 0 Å². The molecule has 0 bridgehead atoms. The lowest BCUT2D eigenvalue weighted by molar-refractivity contribution is 0.414. The van der Waals surface area contributed by atoms with Gasteiger partial charge < -0.3 is 4.74 Å². The highest BCUT2D eigenvalue weighted by Gasteiger charge is 1.96. The summed E-state index contributed by atoms with van der Waals surface area (Å²) in [7, 11) is 1.69. The maximum absolute atomic E-state index is 5.14. The number of ether oxygens (including phenoxy) is 1. The Hall–Kier alpha value is -1.41. The van der Waals surface area contributed by atoms with Crippen LogP contribution in [0.15, 0.2) is 59.5 Å². The van der Waals surface area contributed by atoms with Gasteiger partial charge in [0.2, 0.25) is 0 Å². The summed E-state index contributed by atoms with van der Waals surface area (Å²) in [6.45, 7) is 0. The molecule has 0 N–H and O–H groups in total. The summed E-state index contributed by atoms with van der Waals surface area (Å²) in [5.41, 5.74) is 1.36. The van der Waals surface area contributed by atoms with Gasteiger partial charge in [0.25, 0.3) is 0 Å². The Balaban J connectivity index is 1.82. The Labute approximate surface area is 107 Å². The van der Waals surface area contributed by atoms with E-state index in [1.165, 1.54) is 10.5 Å². The van der Waals surface area contributed by atoms with Gasteiger partial charge in [0, 0.05) is 10.6 Å². The van der Waals surface area contributed by atoms with Crippen LogP contribution in [0.2, 0.25) is 0 Å². The molecule has 2 aromatic rings. The zero-order valence-electron chi connectivity index (χ0n) is 9.93. The molecule has 0 aromatic heterocycles. The lowest BCUT2D eigenvalue weighted by atomic mass is 10.2. The van der Waals surface area contributed by atoms with Crippen LogP contribution in [-0.2, 0) is 6.42 Å². The molecule has 0 atom stereocenters. The monoisotopic (exact) mass is 244 g/mol. The zero-order chi connectivity index (χ0) is 11.9. The average molecular weight is 244 g/mol. The second-order valence-corrected chi connectivity index (χ2v) is 4.93. The minimum atomic E-state index is 0.921. The van der Waals surface area contributed by atoms with Gasteiger partial charge in [-0.05, 0) is 36.2 Å². The fraction of sp³-hybridized carbons (Fsp3) is 0.200. The molecule has 0 heterocycles. The second-order valence-electron chi connectivity index (χ2n) is 3.76. The predicted molar refractivity (Wildman–Crippen MR) is 73.9 cm³/mol. The van der Waals surface area contributed by atoms with E-state index in [4.69, 9.17) is 4.74 Å². The van der Waals surface area contributed by atoms with Crippen molar-refractivity contribution in [3.63, 3.8) is 0 Å². The highest BCUT2D eigenvalue weighted by molar-refractivity contribution is 7.99. The van der Waals surface area contributed by atoms with E-state index >= 15 is 0 Å². The minimum Gasteiger partial charge on any atom is -0.497 e. The van der Waals surface area contributed by atoms with Gasteiger partial charge in [-0.1, -0.05) is 30.3 Å². The third kappa shape index (κ3) is 3.82. The molecule has 0 saturated carbocycles. The number of aryl methyl sites for hydroxylation is 1. The average Bonchev–Trinajstić information content (AvgIpc) is 2.41. The van der Waals surface area contributed by atoms with Crippen molar-refractivity contribution in [2.45, 2.75) is 11.3 Å². The Morgan fingerprint density at radius 1 is 0.941 bits per heavy atom. The van der Waals surface area contributed by atoms with Gasteiger partial charge in [-0.25, -0.2) is 0 Å². The lowest BCUT2D eigenvalue weighted by Gasteiger charge is -2.03. The first kappa shape index (κ1) is 12.1. The van der Waals surface area contributed by atoms with Crippen molar-refractivity contribution in [3.8, 4) is 5.75 Å². The van der Waals surface area contributed by atoms with Crippen molar-refractivity contribution in [2.24, 2.45) is 0 Å². The molecular weight excluding hydrogens is 228 g/mol. The maximum atomic E-state index is 5.14. The van der Waals surface area contributed by atoms with Gasteiger partial charge in [0.1, 0.15) is 5.75 Å². The smallest absolute Gasteiger partial charge is 0.118 e. The summed E-state index contributed by atoms with van der Waals surface area (Å²) in [6, 6.07) is 18.8. The van der Waals surface area contributed by atoms with E-state index in [1.807, 2.05) is 30.0 Å². The molecule has 0 saturated heterocycles. The fourth-order valence-electron chi connectivity index (χ4n) is 1.60. The fourth-order valence-corrected chi connectivity index (χ4v) is 2.52. The van der Waals surface area contributed by atoms with Gasteiger partial charge >= 0.3 is 0 Å². The van der Waals surface area contributed by atoms with Gasteiger partial charge in [-0.3, -0.25) is 0 Å². The predicted octanol–water partition coefficient (Wildman–Crippen LogP) is 4.03. The van der Waals surface area contributed by atoms with Crippen LogP contribution < -0.4 is 4.74 Å². The van der Waals surface area contributed by atoms with Crippen LogP contribution in [-0.4, -0.2) is 12.9 Å². The minimum absolute atomic E-state index is 0.921. The van der Waals surface area contributed by atoms with E-state index < -0.39 is 0 Å². The van der Waals surface area contributed by atoms with E-state index in [0.717, 1.165) is 17.9 Å². The summed E-state index contributed by atoms with van der Waals surface area (Å²) >= 11 is 1.89. The summed E-state index contributed by atoms with van der Waals surface area (Å²) in [5.74, 6) is 2.03. The molecule has 2 heteroatoms. The molecule has 1 nitrogen and oxygen atoms in total. The number of methoxy groups -OCH3 is 1. The number of benzene rings is 2. The maximum Gasteiger partial charge on any atom is 0.118 e. The van der Waals surface area contributed by atoms with E-state index in [1.54, 1.807) is 7.11 Å². The van der Waals surface area contributed by atoms with Crippen molar-refractivity contribution < 1.29 is 4.74 Å². The largest absolute Gasteiger partial charge is 0.497 e. The standard InChI is InChI=1S/C15H16OS/c1-16-14-9-7-13(8-10-14)11-12-17-15-5-3-2-4-6-15/h2-10H,11-12H2,1H3.